The number of carbonyl (C=O) groups excluding carboxylic acids is 1. The number of nitrogens with two attached hydrogens (primary N) is 1. The van der Waals surface area contributed by atoms with Crippen LogP contribution in [0.4, 0.5) is 0 Å². The van der Waals surface area contributed by atoms with Gasteiger partial charge in [-0.2, -0.15) is 0 Å². The summed E-state index contributed by atoms with van der Waals surface area (Å²) in [5.74, 6) is 0.427. The molecule has 104 valence electrons. The first-order valence-corrected chi connectivity index (χ1v) is 6.94. The lowest BCUT2D eigenvalue weighted by atomic mass is 9.77. The molecule has 2 fully saturated rings. The zero-order chi connectivity index (χ0) is 13.2. The third kappa shape index (κ3) is 3.53. The average molecular weight is 255 g/mol. The second-order valence-corrected chi connectivity index (χ2v) is 6.47. The van der Waals surface area contributed by atoms with E-state index in [0.717, 1.165) is 38.9 Å². The van der Waals surface area contributed by atoms with Gasteiger partial charge in [-0.05, 0) is 39.5 Å². The Hall–Kier alpha value is -0.450. The lowest BCUT2D eigenvalue weighted by Crippen LogP contribution is -2.47. The molecule has 0 aromatic heterocycles. The van der Waals surface area contributed by atoms with Gasteiger partial charge in [0.1, 0.15) is 5.78 Å². The third-order valence-electron chi connectivity index (χ3n) is 3.98. The van der Waals surface area contributed by atoms with E-state index in [1.54, 1.807) is 0 Å². The van der Waals surface area contributed by atoms with E-state index in [2.05, 4.69) is 0 Å². The lowest BCUT2D eigenvalue weighted by molar-refractivity contribution is -0.157. The van der Waals surface area contributed by atoms with E-state index < -0.39 is 5.54 Å². The number of ketones is 1. The molecule has 0 aromatic carbocycles. The summed E-state index contributed by atoms with van der Waals surface area (Å²) < 4.78 is 11.3. The van der Waals surface area contributed by atoms with Crippen LogP contribution in [-0.4, -0.2) is 36.7 Å². The third-order valence-corrected chi connectivity index (χ3v) is 3.98. The first-order valence-electron chi connectivity index (χ1n) is 6.94. The Kier molecular flexibility index (Phi) is 4.09. The molecule has 0 amide bonds. The summed E-state index contributed by atoms with van der Waals surface area (Å²) in [5.41, 5.74) is 5.43. The maximum absolute atomic E-state index is 12.3. The minimum absolute atomic E-state index is 0.102. The predicted octanol–water partition coefficient (Wildman–Crippen LogP) is 1.66. The topological polar surface area (TPSA) is 61.6 Å². The molecule has 2 rings (SSSR count). The molecule has 2 saturated heterocycles. The number of Topliss-reactive ketones (excluding diaryl/α,β-unsaturated/α-hetero) is 1. The molecule has 2 heterocycles. The van der Waals surface area contributed by atoms with Crippen LogP contribution in [0.5, 0.6) is 0 Å². The van der Waals surface area contributed by atoms with Gasteiger partial charge in [-0.3, -0.25) is 4.79 Å². The zero-order valence-electron chi connectivity index (χ0n) is 11.5. The molecule has 0 aliphatic carbocycles. The van der Waals surface area contributed by atoms with Gasteiger partial charge in [0, 0.05) is 37.7 Å². The standard InChI is InChI=1S/C14H25NO3/c1-13(2,15)10-12(16)11-3-6-18-14(9-11)4-7-17-8-5-14/h11H,3-10,15H2,1-2H3. The Morgan fingerprint density at radius 1 is 1.33 bits per heavy atom. The highest BCUT2D eigenvalue weighted by atomic mass is 16.5. The summed E-state index contributed by atoms with van der Waals surface area (Å²) in [7, 11) is 0. The monoisotopic (exact) mass is 255 g/mol. The second kappa shape index (κ2) is 5.27. The summed E-state index contributed by atoms with van der Waals surface area (Å²) in [6.07, 6.45) is 4.00. The number of hydrogen-bond acceptors (Lipinski definition) is 4. The van der Waals surface area contributed by atoms with E-state index in [4.69, 9.17) is 15.2 Å². The summed E-state index contributed by atoms with van der Waals surface area (Å²) in [4.78, 5) is 12.3. The average Bonchev–Trinajstić information content (AvgIpc) is 2.28. The molecule has 4 heteroatoms. The largest absolute Gasteiger partial charge is 0.381 e. The van der Waals surface area contributed by atoms with E-state index in [9.17, 15) is 4.79 Å². The Labute approximate surface area is 109 Å². The highest BCUT2D eigenvalue weighted by Crippen LogP contribution is 2.38. The molecule has 2 aliphatic heterocycles. The lowest BCUT2D eigenvalue weighted by Gasteiger charge is -2.43. The van der Waals surface area contributed by atoms with Crippen molar-refractivity contribution in [2.24, 2.45) is 11.7 Å². The predicted molar refractivity (Wildman–Crippen MR) is 69.4 cm³/mol. The van der Waals surface area contributed by atoms with Gasteiger partial charge in [-0.15, -0.1) is 0 Å². The van der Waals surface area contributed by atoms with Crippen LogP contribution in [0.3, 0.4) is 0 Å². The highest BCUT2D eigenvalue weighted by molar-refractivity contribution is 5.82. The fourth-order valence-corrected chi connectivity index (χ4v) is 2.99. The molecule has 1 unspecified atom stereocenters. The molecule has 2 aliphatic rings. The first kappa shape index (κ1) is 14.0. The van der Waals surface area contributed by atoms with Crippen molar-refractivity contribution in [1.29, 1.82) is 0 Å². The van der Waals surface area contributed by atoms with Gasteiger partial charge in [0.15, 0.2) is 0 Å². The molecule has 0 bridgehead atoms. The van der Waals surface area contributed by atoms with Crippen LogP contribution in [0.1, 0.15) is 46.0 Å². The molecular formula is C14H25NO3. The van der Waals surface area contributed by atoms with Crippen LogP contribution in [-0.2, 0) is 14.3 Å². The molecule has 18 heavy (non-hydrogen) atoms. The zero-order valence-corrected chi connectivity index (χ0v) is 11.5. The molecule has 4 nitrogen and oxygen atoms in total. The first-order chi connectivity index (χ1) is 8.40. The molecule has 2 N–H and O–H groups in total. The van der Waals surface area contributed by atoms with Gasteiger partial charge < -0.3 is 15.2 Å². The van der Waals surface area contributed by atoms with Crippen molar-refractivity contribution in [3.8, 4) is 0 Å². The highest BCUT2D eigenvalue weighted by Gasteiger charge is 2.41. The van der Waals surface area contributed by atoms with Crippen LogP contribution >= 0.6 is 0 Å². The molecule has 1 atom stereocenters. The normalized spacial score (nSPS) is 28.3. The van der Waals surface area contributed by atoms with Crippen LogP contribution in [0.2, 0.25) is 0 Å². The Balaban J connectivity index is 1.95. The van der Waals surface area contributed by atoms with Gasteiger partial charge >= 0.3 is 0 Å². The van der Waals surface area contributed by atoms with Crippen molar-refractivity contribution in [2.45, 2.75) is 57.1 Å². The van der Waals surface area contributed by atoms with E-state index in [-0.39, 0.29) is 11.5 Å². The van der Waals surface area contributed by atoms with Gasteiger partial charge in [-0.25, -0.2) is 0 Å². The maximum atomic E-state index is 12.3. The Morgan fingerprint density at radius 3 is 2.61 bits per heavy atom. The van der Waals surface area contributed by atoms with Crippen molar-refractivity contribution in [1.82, 2.24) is 0 Å². The van der Waals surface area contributed by atoms with Gasteiger partial charge in [0.05, 0.1) is 5.60 Å². The van der Waals surface area contributed by atoms with E-state index in [1.165, 1.54) is 0 Å². The summed E-state index contributed by atoms with van der Waals surface area (Å²) in [6.45, 7) is 6.02. The van der Waals surface area contributed by atoms with Crippen LogP contribution in [0, 0.1) is 5.92 Å². The number of carbonyl (C=O) groups is 1. The van der Waals surface area contributed by atoms with E-state index in [0.29, 0.717) is 18.8 Å². The minimum atomic E-state index is -0.405. The smallest absolute Gasteiger partial charge is 0.137 e. The maximum Gasteiger partial charge on any atom is 0.137 e. The molecular weight excluding hydrogens is 230 g/mol. The summed E-state index contributed by atoms with van der Waals surface area (Å²) >= 11 is 0. The quantitative estimate of drug-likeness (QED) is 0.833. The SMILES string of the molecule is CC(C)(N)CC(=O)C1CCOC2(CCOCC2)C1. The Bertz CT molecular complexity index is 297. The number of hydrogen-bond donors (Lipinski definition) is 1. The summed E-state index contributed by atoms with van der Waals surface area (Å²) in [5, 5.41) is 0. The van der Waals surface area contributed by atoms with Gasteiger partial charge in [-0.1, -0.05) is 0 Å². The van der Waals surface area contributed by atoms with Crippen molar-refractivity contribution in [3.05, 3.63) is 0 Å². The van der Waals surface area contributed by atoms with Gasteiger partial charge in [0.25, 0.3) is 0 Å². The van der Waals surface area contributed by atoms with E-state index >= 15 is 0 Å². The van der Waals surface area contributed by atoms with Crippen LogP contribution in [0.15, 0.2) is 0 Å². The van der Waals surface area contributed by atoms with Crippen LogP contribution in [0.25, 0.3) is 0 Å². The minimum Gasteiger partial charge on any atom is -0.381 e. The number of ether oxygens (including phenoxy) is 2. The van der Waals surface area contributed by atoms with Crippen molar-refractivity contribution < 1.29 is 14.3 Å². The van der Waals surface area contributed by atoms with Gasteiger partial charge in [0.2, 0.25) is 0 Å². The van der Waals surface area contributed by atoms with E-state index in [1.807, 2.05) is 13.8 Å². The molecule has 1 spiro atoms. The molecule has 0 aromatic rings. The number of rotatable bonds is 3. The molecule has 0 saturated carbocycles. The van der Waals surface area contributed by atoms with Crippen molar-refractivity contribution in [3.63, 3.8) is 0 Å². The summed E-state index contributed by atoms with van der Waals surface area (Å²) in [6, 6.07) is 0. The molecule has 0 radical (unpaired) electrons. The fourth-order valence-electron chi connectivity index (χ4n) is 2.99. The second-order valence-electron chi connectivity index (χ2n) is 6.47. The fraction of sp³-hybridized carbons (Fsp3) is 0.929. The van der Waals surface area contributed by atoms with Crippen LogP contribution < -0.4 is 5.73 Å². The van der Waals surface area contributed by atoms with Crippen molar-refractivity contribution in [2.75, 3.05) is 19.8 Å². The van der Waals surface area contributed by atoms with Crippen molar-refractivity contribution >= 4 is 5.78 Å². The Morgan fingerprint density at radius 2 is 2.00 bits per heavy atom.